The molecular weight excluding hydrogens is 506 g/mol. The van der Waals surface area contributed by atoms with Crippen LogP contribution in [0, 0.1) is 0 Å². The quantitative estimate of drug-likeness (QED) is 0.260. The fourth-order valence-corrected chi connectivity index (χ4v) is 4.54. The van der Waals surface area contributed by atoms with Gasteiger partial charge in [-0.3, -0.25) is 24.4 Å². The number of hydrogen-bond donors (Lipinski definition) is 1. The third kappa shape index (κ3) is 5.35. The lowest BCUT2D eigenvalue weighted by Crippen LogP contribution is -2.42. The molecule has 202 valence electrons. The number of amides is 3. The van der Waals surface area contributed by atoms with Gasteiger partial charge in [0, 0.05) is 35.7 Å². The van der Waals surface area contributed by atoms with E-state index in [0.717, 1.165) is 17.3 Å². The number of rotatable bonds is 8. The maximum absolute atomic E-state index is 13.9. The molecule has 40 heavy (non-hydrogen) atoms. The van der Waals surface area contributed by atoms with E-state index in [-0.39, 0.29) is 18.0 Å². The number of nitrogens with one attached hydrogen (secondary N) is 1. The van der Waals surface area contributed by atoms with Crippen molar-refractivity contribution in [2.75, 3.05) is 30.0 Å². The Morgan fingerprint density at radius 1 is 0.950 bits per heavy atom. The van der Waals surface area contributed by atoms with Gasteiger partial charge in [-0.05, 0) is 55.0 Å². The highest BCUT2D eigenvalue weighted by molar-refractivity contribution is 6.28. The Labute approximate surface area is 231 Å². The number of nitrogens with zero attached hydrogens (tertiary/aromatic N) is 4. The van der Waals surface area contributed by atoms with Gasteiger partial charge in [0.2, 0.25) is 5.91 Å². The van der Waals surface area contributed by atoms with E-state index >= 15 is 0 Å². The van der Waals surface area contributed by atoms with E-state index in [9.17, 15) is 14.4 Å². The van der Waals surface area contributed by atoms with Crippen LogP contribution in [0.25, 0.3) is 17.0 Å². The number of benzene rings is 3. The number of anilines is 2. The number of aromatic nitrogens is 2. The molecule has 1 aliphatic rings. The van der Waals surface area contributed by atoms with Gasteiger partial charge in [-0.2, -0.15) is 5.10 Å². The summed E-state index contributed by atoms with van der Waals surface area (Å²) in [5, 5.41) is 8.04. The average Bonchev–Trinajstić information content (AvgIpc) is 3.36. The van der Waals surface area contributed by atoms with E-state index in [1.54, 1.807) is 48.4 Å². The standard InChI is InChI=1S/C31H29N5O4/c1-3-17-35(23-13-15-24(40-2)16-14-23)29(37)21-34-18-19-36(22-9-5-4-6-10-22)31(39)26(30(34)38)20-28-25-11-7-8-12-27(25)32-33-28/h4-16,18-20H,3,17,21H2,1-2H3,(H,32,33)/b26-20+. The first-order valence-corrected chi connectivity index (χ1v) is 13.0. The summed E-state index contributed by atoms with van der Waals surface area (Å²) in [6, 6.07) is 23.7. The minimum Gasteiger partial charge on any atom is -0.497 e. The van der Waals surface area contributed by atoms with Crippen LogP contribution in [0.15, 0.2) is 96.8 Å². The summed E-state index contributed by atoms with van der Waals surface area (Å²) in [5.41, 5.74) is 2.42. The average molecular weight is 536 g/mol. The minimum atomic E-state index is -0.591. The first-order chi connectivity index (χ1) is 19.5. The van der Waals surface area contributed by atoms with Crippen molar-refractivity contribution in [1.82, 2.24) is 15.1 Å². The van der Waals surface area contributed by atoms with Crippen molar-refractivity contribution in [3.8, 4) is 5.75 Å². The molecule has 0 bridgehead atoms. The largest absolute Gasteiger partial charge is 0.497 e. The lowest BCUT2D eigenvalue weighted by molar-refractivity contribution is -0.131. The van der Waals surface area contributed by atoms with Crippen molar-refractivity contribution >= 4 is 46.1 Å². The van der Waals surface area contributed by atoms with E-state index < -0.39 is 11.8 Å². The number of carbonyl (C=O) groups excluding carboxylic acids is 3. The van der Waals surface area contributed by atoms with Crippen LogP contribution < -0.4 is 14.5 Å². The third-order valence-electron chi connectivity index (χ3n) is 6.59. The van der Waals surface area contributed by atoms with Crippen molar-refractivity contribution in [3.05, 3.63) is 103 Å². The van der Waals surface area contributed by atoms with Crippen LogP contribution in [-0.4, -0.2) is 53.0 Å². The Morgan fingerprint density at radius 3 is 2.40 bits per heavy atom. The summed E-state index contributed by atoms with van der Waals surface area (Å²) in [7, 11) is 1.58. The van der Waals surface area contributed by atoms with Gasteiger partial charge in [-0.15, -0.1) is 0 Å². The Morgan fingerprint density at radius 2 is 1.68 bits per heavy atom. The Hall–Kier alpha value is -5.18. The van der Waals surface area contributed by atoms with Crippen molar-refractivity contribution in [1.29, 1.82) is 0 Å². The molecule has 0 aliphatic carbocycles. The molecular formula is C31H29N5O4. The Bertz CT molecular complexity index is 1590. The molecule has 1 N–H and O–H groups in total. The number of ether oxygens (including phenoxy) is 1. The molecule has 0 saturated heterocycles. The summed E-state index contributed by atoms with van der Waals surface area (Å²) < 4.78 is 5.24. The van der Waals surface area contributed by atoms with Crippen molar-refractivity contribution in [2.24, 2.45) is 0 Å². The van der Waals surface area contributed by atoms with Gasteiger partial charge >= 0.3 is 0 Å². The fraction of sp³-hybridized carbons (Fsp3) is 0.161. The second-order valence-corrected chi connectivity index (χ2v) is 9.20. The highest BCUT2D eigenvalue weighted by Crippen LogP contribution is 2.26. The molecule has 4 aromatic rings. The smallest absolute Gasteiger partial charge is 0.268 e. The second-order valence-electron chi connectivity index (χ2n) is 9.20. The van der Waals surface area contributed by atoms with E-state index in [2.05, 4.69) is 10.2 Å². The molecule has 3 amide bonds. The van der Waals surface area contributed by atoms with Gasteiger partial charge in [0.15, 0.2) is 0 Å². The number of aromatic amines is 1. The van der Waals surface area contributed by atoms with Crippen LogP contribution in [0.3, 0.4) is 0 Å². The van der Waals surface area contributed by atoms with Crippen LogP contribution in [-0.2, 0) is 14.4 Å². The van der Waals surface area contributed by atoms with Crippen LogP contribution in [0.5, 0.6) is 5.75 Å². The van der Waals surface area contributed by atoms with Crippen LogP contribution in [0.1, 0.15) is 19.0 Å². The SMILES string of the molecule is CCCN(C(=O)CN1C=CN(c2ccccc2)C(=O)/C(=C/c2n[nH]c3ccccc23)C1=O)c1ccc(OC)cc1. The second kappa shape index (κ2) is 11.7. The molecule has 2 heterocycles. The number of fused-ring (bicyclic) bond motifs is 1. The molecule has 3 aromatic carbocycles. The first-order valence-electron chi connectivity index (χ1n) is 13.0. The zero-order valence-electron chi connectivity index (χ0n) is 22.3. The molecule has 0 saturated carbocycles. The number of methoxy groups -OCH3 is 1. The predicted molar refractivity (Wildman–Crippen MR) is 154 cm³/mol. The Kier molecular flexibility index (Phi) is 7.72. The molecule has 1 aromatic heterocycles. The molecule has 9 nitrogen and oxygen atoms in total. The lowest BCUT2D eigenvalue weighted by atomic mass is 10.1. The highest BCUT2D eigenvalue weighted by Gasteiger charge is 2.32. The van der Waals surface area contributed by atoms with Gasteiger partial charge in [0.1, 0.15) is 17.9 Å². The summed E-state index contributed by atoms with van der Waals surface area (Å²) in [5.74, 6) is -0.713. The van der Waals surface area contributed by atoms with Gasteiger partial charge in [-0.1, -0.05) is 43.3 Å². The molecule has 9 heteroatoms. The van der Waals surface area contributed by atoms with Gasteiger partial charge < -0.3 is 14.5 Å². The number of para-hydroxylation sites is 2. The van der Waals surface area contributed by atoms with E-state index in [0.29, 0.717) is 29.4 Å². The van der Waals surface area contributed by atoms with Gasteiger partial charge in [-0.25, -0.2) is 0 Å². The zero-order chi connectivity index (χ0) is 28.1. The zero-order valence-corrected chi connectivity index (χ0v) is 22.3. The van der Waals surface area contributed by atoms with E-state index in [1.807, 2.05) is 49.4 Å². The summed E-state index contributed by atoms with van der Waals surface area (Å²) in [6.45, 7) is 2.19. The van der Waals surface area contributed by atoms with E-state index in [4.69, 9.17) is 4.74 Å². The summed E-state index contributed by atoms with van der Waals surface area (Å²) in [4.78, 5) is 45.5. The lowest BCUT2D eigenvalue weighted by Gasteiger charge is -2.25. The van der Waals surface area contributed by atoms with Gasteiger partial charge in [0.25, 0.3) is 11.8 Å². The summed E-state index contributed by atoms with van der Waals surface area (Å²) in [6.07, 6.45) is 5.20. The Balaban J connectivity index is 1.51. The molecule has 1 aliphatic heterocycles. The van der Waals surface area contributed by atoms with Crippen molar-refractivity contribution in [3.63, 3.8) is 0 Å². The molecule has 5 rings (SSSR count). The van der Waals surface area contributed by atoms with Crippen LogP contribution in [0.2, 0.25) is 0 Å². The normalized spacial score (nSPS) is 14.6. The maximum Gasteiger partial charge on any atom is 0.268 e. The molecule has 0 spiro atoms. The van der Waals surface area contributed by atoms with Crippen molar-refractivity contribution in [2.45, 2.75) is 13.3 Å². The first kappa shape index (κ1) is 26.4. The molecule has 0 unspecified atom stereocenters. The number of carbonyl (C=O) groups is 3. The van der Waals surface area contributed by atoms with E-state index in [1.165, 1.54) is 28.3 Å². The predicted octanol–water partition coefficient (Wildman–Crippen LogP) is 4.74. The molecule has 0 atom stereocenters. The van der Waals surface area contributed by atoms with Crippen LogP contribution in [0.4, 0.5) is 11.4 Å². The fourth-order valence-electron chi connectivity index (χ4n) is 4.54. The minimum absolute atomic E-state index is 0.106. The molecule has 0 radical (unpaired) electrons. The monoisotopic (exact) mass is 535 g/mol. The molecule has 0 fully saturated rings. The topological polar surface area (TPSA) is 98.8 Å². The van der Waals surface area contributed by atoms with Crippen molar-refractivity contribution < 1.29 is 19.1 Å². The number of hydrogen-bond acceptors (Lipinski definition) is 5. The number of H-pyrrole nitrogens is 1. The highest BCUT2D eigenvalue weighted by atomic mass is 16.5. The van der Waals surface area contributed by atoms with Gasteiger partial charge in [0.05, 0.1) is 18.3 Å². The van der Waals surface area contributed by atoms with Crippen LogP contribution >= 0.6 is 0 Å². The maximum atomic E-state index is 13.9. The third-order valence-corrected chi connectivity index (χ3v) is 6.59. The summed E-state index contributed by atoms with van der Waals surface area (Å²) >= 11 is 0.